The summed E-state index contributed by atoms with van der Waals surface area (Å²) in [5.74, 6) is 0.778. The Hall–Kier alpha value is -2.14. The number of benzene rings is 1. The number of thiocarbonyl (C=S) groups is 1. The average Bonchev–Trinajstić information content (AvgIpc) is 2.54. The maximum absolute atomic E-state index is 5.51. The first-order valence-corrected chi connectivity index (χ1v) is 7.23. The van der Waals surface area contributed by atoms with Crippen molar-refractivity contribution >= 4 is 23.0 Å². The highest BCUT2D eigenvalue weighted by Crippen LogP contribution is 2.23. The molecule has 2 aromatic rings. The van der Waals surface area contributed by atoms with Crippen molar-refractivity contribution in [3.8, 4) is 5.75 Å². The fraction of sp³-hybridized carbons (Fsp3) is 0.250. The molecule has 1 aromatic heterocycles. The molecular weight excluding hydrogens is 282 g/mol. The van der Waals surface area contributed by atoms with E-state index >= 15 is 0 Å². The number of anilines is 1. The third-order valence-corrected chi connectivity index (χ3v) is 3.50. The van der Waals surface area contributed by atoms with E-state index in [0.717, 1.165) is 24.5 Å². The van der Waals surface area contributed by atoms with Crippen molar-refractivity contribution < 1.29 is 4.74 Å². The number of nitrogens with one attached hydrogen (secondary N) is 1. The van der Waals surface area contributed by atoms with E-state index in [1.54, 1.807) is 19.5 Å². The minimum atomic E-state index is 0.679. The van der Waals surface area contributed by atoms with Gasteiger partial charge in [-0.1, -0.05) is 12.1 Å². The number of pyridine rings is 1. The molecule has 0 fully saturated rings. The molecule has 0 saturated heterocycles. The van der Waals surface area contributed by atoms with Gasteiger partial charge in [0.2, 0.25) is 0 Å². The van der Waals surface area contributed by atoms with E-state index in [0.29, 0.717) is 5.11 Å². The molecule has 2 rings (SSSR count). The van der Waals surface area contributed by atoms with Gasteiger partial charge < -0.3 is 15.0 Å². The summed E-state index contributed by atoms with van der Waals surface area (Å²) in [6, 6.07) is 11.7. The molecule has 0 aliphatic rings. The minimum Gasteiger partial charge on any atom is -0.495 e. The highest BCUT2D eigenvalue weighted by atomic mass is 32.1. The summed E-state index contributed by atoms with van der Waals surface area (Å²) in [6.45, 7) is 3.65. The van der Waals surface area contributed by atoms with Crippen molar-refractivity contribution in [3.63, 3.8) is 0 Å². The van der Waals surface area contributed by atoms with Crippen LogP contribution in [-0.4, -0.2) is 28.7 Å². The molecule has 0 aliphatic carbocycles. The van der Waals surface area contributed by atoms with E-state index in [-0.39, 0.29) is 0 Å². The predicted octanol–water partition coefficient (Wildman–Crippen LogP) is 3.31. The maximum Gasteiger partial charge on any atom is 0.173 e. The quantitative estimate of drug-likeness (QED) is 0.858. The second kappa shape index (κ2) is 7.59. The Labute approximate surface area is 130 Å². The summed E-state index contributed by atoms with van der Waals surface area (Å²) in [5, 5.41) is 3.93. The number of hydrogen-bond acceptors (Lipinski definition) is 3. The van der Waals surface area contributed by atoms with Crippen LogP contribution in [0.1, 0.15) is 12.5 Å². The predicted molar refractivity (Wildman–Crippen MR) is 89.5 cm³/mol. The molecule has 0 bridgehead atoms. The molecule has 1 aromatic carbocycles. The highest BCUT2D eigenvalue weighted by Gasteiger charge is 2.10. The molecule has 0 spiro atoms. The Balaban J connectivity index is 2.06. The number of rotatable bonds is 5. The molecule has 0 saturated carbocycles. The monoisotopic (exact) mass is 301 g/mol. The van der Waals surface area contributed by atoms with Gasteiger partial charge in [-0.05, 0) is 49.0 Å². The zero-order valence-corrected chi connectivity index (χ0v) is 13.1. The van der Waals surface area contributed by atoms with E-state index < -0.39 is 0 Å². The van der Waals surface area contributed by atoms with E-state index in [4.69, 9.17) is 17.0 Å². The van der Waals surface area contributed by atoms with Crippen molar-refractivity contribution in [1.82, 2.24) is 9.88 Å². The van der Waals surface area contributed by atoms with Crippen LogP contribution in [0, 0.1) is 0 Å². The van der Waals surface area contributed by atoms with Crippen molar-refractivity contribution in [2.75, 3.05) is 19.0 Å². The molecule has 0 aliphatic heterocycles. The number of methoxy groups -OCH3 is 1. The van der Waals surface area contributed by atoms with Crippen LogP contribution in [0.2, 0.25) is 0 Å². The van der Waals surface area contributed by atoms with E-state index in [2.05, 4.69) is 22.1 Å². The summed E-state index contributed by atoms with van der Waals surface area (Å²) in [4.78, 5) is 6.12. The van der Waals surface area contributed by atoms with Crippen molar-refractivity contribution in [3.05, 3.63) is 54.4 Å². The lowest BCUT2D eigenvalue weighted by Gasteiger charge is -2.25. The molecule has 110 valence electrons. The third kappa shape index (κ3) is 4.16. The lowest BCUT2D eigenvalue weighted by molar-refractivity contribution is 0.416. The summed E-state index contributed by atoms with van der Waals surface area (Å²) in [5.41, 5.74) is 2.05. The van der Waals surface area contributed by atoms with Crippen molar-refractivity contribution in [2.24, 2.45) is 0 Å². The minimum absolute atomic E-state index is 0.679. The van der Waals surface area contributed by atoms with Gasteiger partial charge in [0.05, 0.1) is 12.8 Å². The van der Waals surface area contributed by atoms with Crippen LogP contribution in [-0.2, 0) is 6.54 Å². The molecule has 1 N–H and O–H groups in total. The van der Waals surface area contributed by atoms with Crippen molar-refractivity contribution in [1.29, 1.82) is 0 Å². The van der Waals surface area contributed by atoms with Crippen LogP contribution < -0.4 is 10.1 Å². The summed E-state index contributed by atoms with van der Waals surface area (Å²) in [7, 11) is 1.65. The summed E-state index contributed by atoms with van der Waals surface area (Å²) < 4.78 is 5.33. The molecule has 5 heteroatoms. The average molecular weight is 301 g/mol. The standard InChI is InChI=1S/C16H19N3OS/c1-3-19(12-13-8-10-17-11-9-13)16(21)18-14-6-4-5-7-15(14)20-2/h4-11H,3,12H2,1-2H3,(H,18,21). The van der Waals surface area contributed by atoms with Gasteiger partial charge in [-0.25, -0.2) is 0 Å². The highest BCUT2D eigenvalue weighted by molar-refractivity contribution is 7.80. The molecule has 0 atom stereocenters. The SMILES string of the molecule is CCN(Cc1ccncc1)C(=S)Nc1ccccc1OC. The van der Waals surface area contributed by atoms with E-state index in [9.17, 15) is 0 Å². The first-order valence-electron chi connectivity index (χ1n) is 6.82. The first kappa shape index (κ1) is 15.3. The molecule has 1 heterocycles. The van der Waals surface area contributed by atoms with Gasteiger partial charge in [0.1, 0.15) is 5.75 Å². The van der Waals surface area contributed by atoms with Gasteiger partial charge in [-0.3, -0.25) is 4.98 Å². The van der Waals surface area contributed by atoms with Gasteiger partial charge in [0.15, 0.2) is 5.11 Å². The summed E-state index contributed by atoms with van der Waals surface area (Å²) in [6.07, 6.45) is 3.58. The van der Waals surface area contributed by atoms with Crippen LogP contribution in [0.15, 0.2) is 48.8 Å². The molecule has 0 unspecified atom stereocenters. The number of hydrogen-bond donors (Lipinski definition) is 1. The zero-order chi connectivity index (χ0) is 15.1. The molecule has 0 amide bonds. The Bertz CT molecular complexity index is 589. The van der Waals surface area contributed by atoms with Gasteiger partial charge >= 0.3 is 0 Å². The second-order valence-electron chi connectivity index (χ2n) is 4.50. The summed E-state index contributed by atoms with van der Waals surface area (Å²) >= 11 is 5.51. The van der Waals surface area contributed by atoms with Crippen LogP contribution in [0.5, 0.6) is 5.75 Å². The second-order valence-corrected chi connectivity index (χ2v) is 4.89. The lowest BCUT2D eigenvalue weighted by Crippen LogP contribution is -2.34. The van der Waals surface area contributed by atoms with Gasteiger partial charge in [-0.15, -0.1) is 0 Å². The van der Waals surface area contributed by atoms with Gasteiger partial charge in [-0.2, -0.15) is 0 Å². The zero-order valence-electron chi connectivity index (χ0n) is 12.2. The van der Waals surface area contributed by atoms with Crippen LogP contribution >= 0.6 is 12.2 Å². The normalized spacial score (nSPS) is 10.0. The maximum atomic E-state index is 5.51. The fourth-order valence-electron chi connectivity index (χ4n) is 1.98. The molecule has 4 nitrogen and oxygen atoms in total. The molecule has 0 radical (unpaired) electrons. The third-order valence-electron chi connectivity index (χ3n) is 3.14. The number of nitrogens with zero attached hydrogens (tertiary/aromatic N) is 2. The Morgan fingerprint density at radius 3 is 2.62 bits per heavy atom. The van der Waals surface area contributed by atoms with Crippen molar-refractivity contribution in [2.45, 2.75) is 13.5 Å². The van der Waals surface area contributed by atoms with Crippen LogP contribution in [0.3, 0.4) is 0 Å². The first-order chi connectivity index (χ1) is 10.2. The Kier molecular flexibility index (Phi) is 5.51. The Morgan fingerprint density at radius 1 is 1.24 bits per heavy atom. The molecule has 21 heavy (non-hydrogen) atoms. The van der Waals surface area contributed by atoms with Gasteiger partial charge in [0, 0.05) is 25.5 Å². The largest absolute Gasteiger partial charge is 0.495 e. The smallest absolute Gasteiger partial charge is 0.173 e. The van der Waals surface area contributed by atoms with Crippen LogP contribution in [0.25, 0.3) is 0 Å². The number of ether oxygens (including phenoxy) is 1. The van der Waals surface area contributed by atoms with Gasteiger partial charge in [0.25, 0.3) is 0 Å². The lowest BCUT2D eigenvalue weighted by atomic mass is 10.2. The topological polar surface area (TPSA) is 37.4 Å². The van der Waals surface area contributed by atoms with Crippen LogP contribution in [0.4, 0.5) is 5.69 Å². The Morgan fingerprint density at radius 2 is 1.95 bits per heavy atom. The van der Waals surface area contributed by atoms with E-state index in [1.807, 2.05) is 36.4 Å². The number of para-hydroxylation sites is 2. The fourth-order valence-corrected chi connectivity index (χ4v) is 2.28. The van der Waals surface area contributed by atoms with E-state index in [1.165, 1.54) is 5.56 Å². The number of aromatic nitrogens is 1. The molecular formula is C16H19N3OS.